The predicted molar refractivity (Wildman–Crippen MR) is 63.5 cm³/mol. The SMILES string of the molecule is CC(=O)CCc1ccc(OCCC([NH3+])=O)cc1. The Hall–Kier alpha value is -1.68. The maximum atomic E-state index is 10.8. The first-order valence-corrected chi connectivity index (χ1v) is 5.64. The lowest BCUT2D eigenvalue weighted by atomic mass is 10.1. The van der Waals surface area contributed by atoms with Gasteiger partial charge in [0.25, 0.3) is 0 Å². The van der Waals surface area contributed by atoms with Crippen molar-refractivity contribution in [2.45, 2.75) is 26.2 Å². The molecule has 1 rings (SSSR count). The highest BCUT2D eigenvalue weighted by atomic mass is 16.5. The molecule has 0 radical (unpaired) electrons. The molecule has 0 aliphatic rings. The van der Waals surface area contributed by atoms with Crippen molar-refractivity contribution in [3.05, 3.63) is 29.8 Å². The third-order valence-electron chi connectivity index (χ3n) is 2.34. The van der Waals surface area contributed by atoms with Crippen molar-refractivity contribution in [1.29, 1.82) is 0 Å². The summed E-state index contributed by atoms with van der Waals surface area (Å²) in [6.07, 6.45) is 1.65. The molecule has 3 N–H and O–H groups in total. The van der Waals surface area contributed by atoms with E-state index in [1.807, 2.05) is 24.3 Å². The van der Waals surface area contributed by atoms with Crippen LogP contribution < -0.4 is 10.5 Å². The number of carbonyl (C=O) groups excluding carboxylic acids is 2. The number of aryl methyl sites for hydroxylation is 1. The fraction of sp³-hybridized carbons (Fsp3) is 0.385. The van der Waals surface area contributed by atoms with E-state index in [4.69, 9.17) is 4.74 Å². The number of Topliss-reactive ketones (excluding diaryl/α,β-unsaturated/α-hetero) is 1. The summed E-state index contributed by atoms with van der Waals surface area (Å²) >= 11 is 0. The molecular weight excluding hydrogens is 218 g/mol. The molecule has 0 bridgehead atoms. The topological polar surface area (TPSA) is 71.0 Å². The van der Waals surface area contributed by atoms with Crippen molar-refractivity contribution >= 4 is 11.7 Å². The first-order valence-electron chi connectivity index (χ1n) is 5.64. The van der Waals surface area contributed by atoms with E-state index in [9.17, 15) is 9.59 Å². The molecule has 0 aliphatic heterocycles. The van der Waals surface area contributed by atoms with Crippen LogP contribution in [0.3, 0.4) is 0 Å². The number of carbonyl (C=O) groups is 2. The molecule has 1 aromatic rings. The normalized spacial score (nSPS) is 10.0. The van der Waals surface area contributed by atoms with Gasteiger partial charge in [-0.05, 0) is 31.0 Å². The lowest BCUT2D eigenvalue weighted by Gasteiger charge is -2.05. The lowest BCUT2D eigenvalue weighted by molar-refractivity contribution is -0.306. The zero-order valence-electron chi connectivity index (χ0n) is 10.1. The quantitative estimate of drug-likeness (QED) is 0.759. The van der Waals surface area contributed by atoms with Crippen molar-refractivity contribution in [3.8, 4) is 5.75 Å². The van der Waals surface area contributed by atoms with Gasteiger partial charge in [0.2, 0.25) is 0 Å². The molecule has 1 aromatic carbocycles. The number of hydrogen-bond acceptors (Lipinski definition) is 3. The first-order chi connectivity index (χ1) is 8.08. The standard InChI is InChI=1S/C13H17NO3/c1-10(15)2-3-11-4-6-12(7-5-11)17-9-8-13(14)16/h4-7H,2-3,8-9H2,1H3,(H2,14,16)/p+1. The summed E-state index contributed by atoms with van der Waals surface area (Å²) in [7, 11) is 0. The Bertz CT molecular complexity index is 384. The lowest BCUT2D eigenvalue weighted by Crippen LogP contribution is -2.57. The third-order valence-corrected chi connectivity index (χ3v) is 2.34. The predicted octanol–water partition coefficient (Wildman–Crippen LogP) is 0.746. The van der Waals surface area contributed by atoms with Gasteiger partial charge < -0.3 is 9.53 Å². The number of ketones is 1. The second-order valence-corrected chi connectivity index (χ2v) is 3.98. The number of amides is 1. The Morgan fingerprint density at radius 2 is 1.82 bits per heavy atom. The molecule has 92 valence electrons. The third kappa shape index (κ3) is 5.82. The van der Waals surface area contributed by atoms with E-state index in [-0.39, 0.29) is 11.7 Å². The van der Waals surface area contributed by atoms with Crippen LogP contribution in [0.25, 0.3) is 0 Å². The largest absolute Gasteiger partial charge is 0.493 e. The molecule has 0 saturated carbocycles. The Morgan fingerprint density at radius 3 is 2.35 bits per heavy atom. The van der Waals surface area contributed by atoms with Gasteiger partial charge in [0, 0.05) is 6.42 Å². The highest BCUT2D eigenvalue weighted by molar-refractivity contribution is 5.75. The molecule has 4 nitrogen and oxygen atoms in total. The fourth-order valence-electron chi connectivity index (χ4n) is 1.36. The summed E-state index contributed by atoms with van der Waals surface area (Å²) in [6, 6.07) is 7.57. The van der Waals surface area contributed by atoms with Crippen LogP contribution in [0.15, 0.2) is 24.3 Å². The Labute approximate surface area is 101 Å². The van der Waals surface area contributed by atoms with Crippen molar-refractivity contribution in [2.24, 2.45) is 0 Å². The summed E-state index contributed by atoms with van der Waals surface area (Å²) in [4.78, 5) is 21.4. The molecule has 0 fully saturated rings. The Morgan fingerprint density at radius 1 is 1.18 bits per heavy atom. The van der Waals surface area contributed by atoms with Crippen molar-refractivity contribution in [1.82, 2.24) is 0 Å². The molecule has 0 aromatic heterocycles. The van der Waals surface area contributed by atoms with Gasteiger partial charge in [0.05, 0.1) is 6.42 Å². The summed E-state index contributed by atoms with van der Waals surface area (Å²) < 4.78 is 5.37. The van der Waals surface area contributed by atoms with Crippen LogP contribution in [-0.2, 0) is 16.0 Å². The number of rotatable bonds is 7. The average molecular weight is 236 g/mol. The fourth-order valence-corrected chi connectivity index (χ4v) is 1.36. The smallest absolute Gasteiger partial charge is 0.312 e. The van der Waals surface area contributed by atoms with E-state index >= 15 is 0 Å². The van der Waals surface area contributed by atoms with Gasteiger partial charge in [-0.2, -0.15) is 0 Å². The van der Waals surface area contributed by atoms with E-state index in [0.717, 1.165) is 17.7 Å². The molecule has 0 unspecified atom stereocenters. The molecule has 17 heavy (non-hydrogen) atoms. The number of ether oxygens (including phenoxy) is 1. The monoisotopic (exact) mass is 236 g/mol. The Kier molecular flexibility index (Phi) is 5.36. The van der Waals surface area contributed by atoms with Gasteiger partial charge in [-0.25, -0.2) is 4.79 Å². The van der Waals surface area contributed by atoms with Crippen LogP contribution >= 0.6 is 0 Å². The minimum absolute atomic E-state index is 0.122. The first kappa shape index (κ1) is 13.4. The van der Waals surface area contributed by atoms with Crippen LogP contribution in [0.4, 0.5) is 0 Å². The van der Waals surface area contributed by atoms with Crippen LogP contribution in [0.2, 0.25) is 0 Å². The molecule has 0 saturated heterocycles. The molecule has 4 heteroatoms. The highest BCUT2D eigenvalue weighted by Gasteiger charge is 2.00. The van der Waals surface area contributed by atoms with Gasteiger partial charge in [-0.1, -0.05) is 12.1 Å². The molecule has 0 atom stereocenters. The molecular formula is C13H18NO3+. The summed E-state index contributed by atoms with van der Waals surface area (Å²) in [5.74, 6) is 0.806. The van der Waals surface area contributed by atoms with E-state index in [0.29, 0.717) is 19.4 Å². The van der Waals surface area contributed by atoms with E-state index in [1.165, 1.54) is 0 Å². The highest BCUT2D eigenvalue weighted by Crippen LogP contribution is 2.13. The Balaban J connectivity index is 2.39. The van der Waals surface area contributed by atoms with Crippen LogP contribution in [0, 0.1) is 0 Å². The zero-order valence-corrected chi connectivity index (χ0v) is 10.1. The average Bonchev–Trinajstić information content (AvgIpc) is 2.27. The van der Waals surface area contributed by atoms with Gasteiger partial charge in [0.15, 0.2) is 0 Å². The van der Waals surface area contributed by atoms with Gasteiger partial charge in [-0.3, -0.25) is 5.73 Å². The summed E-state index contributed by atoms with van der Waals surface area (Å²) in [5, 5.41) is 0. The van der Waals surface area contributed by atoms with Gasteiger partial charge in [-0.15, -0.1) is 0 Å². The second kappa shape index (κ2) is 6.81. The van der Waals surface area contributed by atoms with Gasteiger partial charge >= 0.3 is 5.91 Å². The molecule has 1 amide bonds. The minimum Gasteiger partial charge on any atom is -0.493 e. The van der Waals surface area contributed by atoms with Crippen LogP contribution in [-0.4, -0.2) is 18.3 Å². The minimum atomic E-state index is -0.122. The summed E-state index contributed by atoms with van der Waals surface area (Å²) in [5.41, 5.74) is 4.39. The number of quaternary nitrogens is 1. The molecule has 0 spiro atoms. The molecule has 0 aliphatic carbocycles. The number of benzene rings is 1. The van der Waals surface area contributed by atoms with E-state index in [2.05, 4.69) is 5.73 Å². The number of hydrogen-bond donors (Lipinski definition) is 1. The van der Waals surface area contributed by atoms with Crippen molar-refractivity contribution in [3.63, 3.8) is 0 Å². The maximum absolute atomic E-state index is 10.8. The van der Waals surface area contributed by atoms with Crippen LogP contribution in [0.5, 0.6) is 5.75 Å². The zero-order chi connectivity index (χ0) is 12.7. The van der Waals surface area contributed by atoms with Crippen LogP contribution in [0.1, 0.15) is 25.3 Å². The van der Waals surface area contributed by atoms with E-state index < -0.39 is 0 Å². The second-order valence-electron chi connectivity index (χ2n) is 3.98. The van der Waals surface area contributed by atoms with Gasteiger partial charge in [0.1, 0.15) is 18.1 Å². The van der Waals surface area contributed by atoms with Crippen molar-refractivity contribution < 1.29 is 20.1 Å². The molecule has 0 heterocycles. The summed E-state index contributed by atoms with van der Waals surface area (Å²) in [6.45, 7) is 1.95. The maximum Gasteiger partial charge on any atom is 0.312 e. The van der Waals surface area contributed by atoms with E-state index in [1.54, 1.807) is 6.92 Å². The van der Waals surface area contributed by atoms with Crippen molar-refractivity contribution in [2.75, 3.05) is 6.61 Å².